The average Bonchev–Trinajstić information content (AvgIpc) is 2.51. The molecule has 0 fully saturated rings. The Morgan fingerprint density at radius 3 is 2.31 bits per heavy atom. The molecule has 1 heterocycles. The number of benzene rings is 1. The van der Waals surface area contributed by atoms with Gasteiger partial charge in [0, 0.05) is 17.3 Å². The van der Waals surface area contributed by atoms with Gasteiger partial charge in [-0.25, -0.2) is 4.79 Å². The monoisotopic (exact) mass is 380 g/mol. The van der Waals surface area contributed by atoms with E-state index in [4.69, 9.17) is 5.11 Å². The average molecular weight is 380 g/mol. The van der Waals surface area contributed by atoms with Crippen molar-refractivity contribution in [3.63, 3.8) is 0 Å². The quantitative estimate of drug-likeness (QED) is 0.782. The van der Waals surface area contributed by atoms with Gasteiger partial charge in [0.05, 0.1) is 11.9 Å². The van der Waals surface area contributed by atoms with Gasteiger partial charge in [0.1, 0.15) is 12.3 Å². The van der Waals surface area contributed by atoms with E-state index < -0.39 is 36.6 Å². The van der Waals surface area contributed by atoms with E-state index in [-0.39, 0.29) is 16.0 Å². The van der Waals surface area contributed by atoms with Crippen LogP contribution in [0.5, 0.6) is 5.75 Å². The standard InChI is InChI=1S/C15H10F6N2O3/c16-14(17,18)8-23(13(24)25)11-7-22-6-5-9(11)10-3-1-2-4-12(10)26-15(19,20)21/h1-7H,8H2,(H,24,25). The topological polar surface area (TPSA) is 62.7 Å². The third kappa shape index (κ3) is 5.01. The molecule has 0 unspecified atom stereocenters. The molecule has 1 N–H and O–H groups in total. The van der Waals surface area contributed by atoms with Crippen molar-refractivity contribution in [2.45, 2.75) is 12.5 Å². The Morgan fingerprint density at radius 1 is 1.08 bits per heavy atom. The normalized spacial score (nSPS) is 11.9. The van der Waals surface area contributed by atoms with E-state index in [1.54, 1.807) is 0 Å². The molecule has 1 aromatic heterocycles. The molecular weight excluding hydrogens is 370 g/mol. The van der Waals surface area contributed by atoms with E-state index in [9.17, 15) is 31.1 Å². The van der Waals surface area contributed by atoms with E-state index in [0.717, 1.165) is 30.6 Å². The number of carbonyl (C=O) groups is 1. The number of hydrogen-bond donors (Lipinski definition) is 1. The lowest BCUT2D eigenvalue weighted by Crippen LogP contribution is -2.38. The van der Waals surface area contributed by atoms with Crippen LogP contribution in [0.1, 0.15) is 0 Å². The van der Waals surface area contributed by atoms with Crippen LogP contribution in [0.2, 0.25) is 0 Å². The number of alkyl halides is 6. The molecule has 0 saturated carbocycles. The number of amides is 1. The van der Waals surface area contributed by atoms with Crippen LogP contribution < -0.4 is 9.64 Å². The summed E-state index contributed by atoms with van der Waals surface area (Å²) in [6.45, 7) is -1.86. The molecule has 1 amide bonds. The summed E-state index contributed by atoms with van der Waals surface area (Å²) in [5.74, 6) is -0.690. The van der Waals surface area contributed by atoms with Crippen LogP contribution in [0.15, 0.2) is 42.7 Å². The maximum atomic E-state index is 12.7. The highest BCUT2D eigenvalue weighted by Crippen LogP contribution is 2.39. The summed E-state index contributed by atoms with van der Waals surface area (Å²) in [6, 6.07) is 5.78. The highest BCUT2D eigenvalue weighted by molar-refractivity contribution is 5.93. The number of halogens is 6. The minimum absolute atomic E-state index is 0.0489. The molecule has 0 spiro atoms. The van der Waals surface area contributed by atoms with Gasteiger partial charge < -0.3 is 9.84 Å². The Kier molecular flexibility index (Phi) is 5.28. The smallest absolute Gasteiger partial charge is 0.465 e. The molecule has 0 aliphatic rings. The van der Waals surface area contributed by atoms with E-state index in [0.29, 0.717) is 0 Å². The fraction of sp³-hybridized carbons (Fsp3) is 0.200. The first-order valence-corrected chi connectivity index (χ1v) is 6.84. The van der Waals surface area contributed by atoms with Crippen molar-refractivity contribution >= 4 is 11.8 Å². The van der Waals surface area contributed by atoms with E-state index in [2.05, 4.69) is 9.72 Å². The van der Waals surface area contributed by atoms with Gasteiger partial charge in [-0.1, -0.05) is 18.2 Å². The highest BCUT2D eigenvalue weighted by Gasteiger charge is 2.36. The van der Waals surface area contributed by atoms with Crippen LogP contribution in [0.3, 0.4) is 0 Å². The minimum Gasteiger partial charge on any atom is -0.465 e. The van der Waals surface area contributed by atoms with Gasteiger partial charge >= 0.3 is 18.6 Å². The van der Waals surface area contributed by atoms with E-state index >= 15 is 0 Å². The summed E-state index contributed by atoms with van der Waals surface area (Å²) in [7, 11) is 0. The Hall–Kier alpha value is -2.98. The lowest BCUT2D eigenvalue weighted by Gasteiger charge is -2.23. The summed E-state index contributed by atoms with van der Waals surface area (Å²) >= 11 is 0. The van der Waals surface area contributed by atoms with E-state index in [1.165, 1.54) is 12.1 Å². The number of hydrogen-bond acceptors (Lipinski definition) is 3. The lowest BCUT2D eigenvalue weighted by molar-refractivity contribution is -0.274. The van der Waals surface area contributed by atoms with Crippen LogP contribution in [0.25, 0.3) is 11.1 Å². The molecule has 0 aliphatic carbocycles. The number of para-hydroxylation sites is 1. The number of carboxylic acid groups (broad SMARTS) is 1. The predicted octanol–water partition coefficient (Wildman–Crippen LogP) is 4.69. The Morgan fingerprint density at radius 2 is 1.73 bits per heavy atom. The van der Waals surface area contributed by atoms with E-state index in [1.807, 2.05) is 0 Å². The second kappa shape index (κ2) is 7.10. The van der Waals surface area contributed by atoms with Gasteiger partial charge in [-0.2, -0.15) is 13.2 Å². The van der Waals surface area contributed by atoms with Crippen LogP contribution in [0, 0.1) is 0 Å². The zero-order valence-electron chi connectivity index (χ0n) is 12.7. The first-order chi connectivity index (χ1) is 12.0. The molecule has 0 atom stereocenters. The molecule has 1 aromatic carbocycles. The predicted molar refractivity (Wildman–Crippen MR) is 77.8 cm³/mol. The Bertz CT molecular complexity index is 791. The van der Waals surface area contributed by atoms with Crippen molar-refractivity contribution in [1.29, 1.82) is 0 Å². The maximum absolute atomic E-state index is 12.7. The SMILES string of the molecule is O=C(O)N(CC(F)(F)F)c1cnccc1-c1ccccc1OC(F)(F)F. The van der Waals surface area contributed by atoms with Crippen LogP contribution in [0.4, 0.5) is 36.8 Å². The molecule has 140 valence electrons. The van der Waals surface area contributed by atoms with Crippen molar-refractivity contribution < 1.29 is 41.0 Å². The molecule has 2 aromatic rings. The largest absolute Gasteiger partial charge is 0.573 e. The number of pyridine rings is 1. The summed E-state index contributed by atoms with van der Waals surface area (Å²) in [5.41, 5.74) is -0.988. The second-order valence-electron chi connectivity index (χ2n) is 4.92. The zero-order valence-corrected chi connectivity index (χ0v) is 12.7. The van der Waals surface area contributed by atoms with Crippen LogP contribution >= 0.6 is 0 Å². The molecule has 0 saturated heterocycles. The highest BCUT2D eigenvalue weighted by atomic mass is 19.4. The van der Waals surface area contributed by atoms with Gasteiger partial charge in [0.15, 0.2) is 0 Å². The van der Waals surface area contributed by atoms with Gasteiger partial charge in [-0.3, -0.25) is 9.88 Å². The molecule has 26 heavy (non-hydrogen) atoms. The molecule has 2 rings (SSSR count). The summed E-state index contributed by atoms with van der Waals surface area (Å²) in [5, 5.41) is 9.10. The van der Waals surface area contributed by atoms with Crippen molar-refractivity contribution in [3.8, 4) is 16.9 Å². The zero-order chi connectivity index (χ0) is 19.5. The van der Waals surface area contributed by atoms with Crippen molar-refractivity contribution in [3.05, 3.63) is 42.7 Å². The molecule has 0 radical (unpaired) electrons. The first kappa shape index (κ1) is 19.3. The molecule has 5 nitrogen and oxygen atoms in total. The van der Waals surface area contributed by atoms with Crippen molar-refractivity contribution in [1.82, 2.24) is 4.98 Å². The molecule has 0 bridgehead atoms. The summed E-state index contributed by atoms with van der Waals surface area (Å²) in [6.07, 6.45) is -9.92. The van der Waals surface area contributed by atoms with Crippen molar-refractivity contribution in [2.75, 3.05) is 11.4 Å². The fourth-order valence-electron chi connectivity index (χ4n) is 2.17. The van der Waals surface area contributed by atoms with Gasteiger partial charge in [-0.05, 0) is 12.1 Å². The van der Waals surface area contributed by atoms with Crippen LogP contribution in [-0.4, -0.2) is 35.3 Å². The Balaban J connectivity index is 2.58. The first-order valence-electron chi connectivity index (χ1n) is 6.84. The molecule has 11 heteroatoms. The summed E-state index contributed by atoms with van der Waals surface area (Å²) in [4.78, 5) is 14.8. The summed E-state index contributed by atoms with van der Waals surface area (Å²) < 4.78 is 79.6. The van der Waals surface area contributed by atoms with Gasteiger partial charge in [0.25, 0.3) is 0 Å². The molecular formula is C15H10F6N2O3. The fourth-order valence-corrected chi connectivity index (χ4v) is 2.17. The third-order valence-electron chi connectivity index (χ3n) is 3.06. The number of anilines is 1. The van der Waals surface area contributed by atoms with Crippen molar-refractivity contribution in [2.24, 2.45) is 0 Å². The van der Waals surface area contributed by atoms with Crippen LogP contribution in [-0.2, 0) is 0 Å². The van der Waals surface area contributed by atoms with Gasteiger partial charge in [-0.15, -0.1) is 13.2 Å². The molecule has 0 aliphatic heterocycles. The Labute approximate surface area is 142 Å². The second-order valence-corrected chi connectivity index (χ2v) is 4.92. The lowest BCUT2D eigenvalue weighted by atomic mass is 10.0. The number of rotatable bonds is 4. The van der Waals surface area contributed by atoms with Gasteiger partial charge in [0.2, 0.25) is 0 Å². The minimum atomic E-state index is -5.04. The number of ether oxygens (including phenoxy) is 1. The number of aromatic nitrogens is 1. The maximum Gasteiger partial charge on any atom is 0.573 e. The number of nitrogens with zero attached hydrogens (tertiary/aromatic N) is 2. The third-order valence-corrected chi connectivity index (χ3v) is 3.06.